The molecule has 1 aromatic carbocycles. The molecule has 1 N–H and O–H groups in total. The summed E-state index contributed by atoms with van der Waals surface area (Å²) < 4.78 is 43.4. The van der Waals surface area contributed by atoms with Gasteiger partial charge in [-0.1, -0.05) is 22.7 Å². The molecule has 1 aliphatic rings. The van der Waals surface area contributed by atoms with Gasteiger partial charge in [0.15, 0.2) is 0 Å². The largest absolute Gasteiger partial charge is 0.416 e. The normalized spacial score (nSPS) is 23.1. The number of aromatic nitrogens is 2. The van der Waals surface area contributed by atoms with Crippen molar-refractivity contribution in [2.75, 3.05) is 6.54 Å². The molecule has 0 unspecified atom stereocenters. The van der Waals surface area contributed by atoms with Gasteiger partial charge in [-0.3, -0.25) is 4.90 Å². The van der Waals surface area contributed by atoms with Gasteiger partial charge in [0.05, 0.1) is 17.4 Å². The molecule has 1 aromatic heterocycles. The molecule has 3 rings (SSSR count). The fourth-order valence-electron chi connectivity index (χ4n) is 2.88. The number of halogens is 3. The van der Waals surface area contributed by atoms with Crippen LogP contribution in [0.2, 0.25) is 0 Å². The first-order valence-corrected chi connectivity index (χ1v) is 7.63. The monoisotopic (exact) mass is 329 g/mol. The summed E-state index contributed by atoms with van der Waals surface area (Å²) in [6.45, 7) is 0.707. The second kappa shape index (κ2) is 5.94. The Morgan fingerprint density at radius 1 is 1.32 bits per heavy atom. The highest BCUT2D eigenvalue weighted by Crippen LogP contribution is 2.40. The van der Waals surface area contributed by atoms with Crippen molar-refractivity contribution in [2.45, 2.75) is 31.3 Å². The lowest BCUT2D eigenvalue weighted by molar-refractivity contribution is -0.138. The summed E-state index contributed by atoms with van der Waals surface area (Å²) >= 11 is 1.20. The molecule has 1 aliphatic heterocycles. The Hall–Kier alpha value is -1.51. The fraction of sp³-hybridized carbons (Fsp3) is 0.429. The van der Waals surface area contributed by atoms with Crippen molar-refractivity contribution in [3.8, 4) is 0 Å². The molecule has 0 radical (unpaired) electrons. The van der Waals surface area contributed by atoms with Gasteiger partial charge in [-0.25, -0.2) is 0 Å². The Bertz CT molecular complexity index is 633. The molecule has 4 nitrogen and oxygen atoms in total. The van der Waals surface area contributed by atoms with Crippen molar-refractivity contribution >= 4 is 11.5 Å². The van der Waals surface area contributed by atoms with Crippen molar-refractivity contribution < 1.29 is 18.3 Å². The second-order valence-electron chi connectivity index (χ2n) is 5.32. The third-order valence-electron chi connectivity index (χ3n) is 3.78. The molecule has 1 fully saturated rings. The number of rotatable bonds is 3. The summed E-state index contributed by atoms with van der Waals surface area (Å²) in [5.74, 6) is 0. The number of hydrogen-bond acceptors (Lipinski definition) is 5. The average molecular weight is 329 g/mol. The summed E-state index contributed by atoms with van der Waals surface area (Å²) in [5, 5.41) is 15.6. The molecular weight excluding hydrogens is 315 g/mol. The van der Waals surface area contributed by atoms with Crippen LogP contribution >= 0.6 is 11.5 Å². The number of β-amino-alcohol motifs (C(OH)–C–C–N with tert-alkyl or cyclic N) is 1. The zero-order valence-corrected chi connectivity index (χ0v) is 12.3. The summed E-state index contributed by atoms with van der Waals surface area (Å²) in [6.07, 6.45) is -4.76. The van der Waals surface area contributed by atoms with Gasteiger partial charge in [-0.2, -0.15) is 13.2 Å². The maximum atomic E-state index is 13.2. The highest BCUT2D eigenvalue weighted by Gasteiger charge is 2.39. The van der Waals surface area contributed by atoms with Crippen molar-refractivity contribution in [3.05, 3.63) is 46.5 Å². The van der Waals surface area contributed by atoms with Gasteiger partial charge in [0.2, 0.25) is 0 Å². The molecule has 118 valence electrons. The molecular formula is C14H14F3N3OS. The number of aliphatic hydroxyl groups excluding tert-OH is 1. The summed E-state index contributed by atoms with van der Waals surface area (Å²) in [6, 6.07) is 5.07. The van der Waals surface area contributed by atoms with E-state index in [2.05, 4.69) is 9.59 Å². The Kier molecular flexibility index (Phi) is 4.16. The Morgan fingerprint density at radius 3 is 2.77 bits per heavy atom. The van der Waals surface area contributed by atoms with Crippen LogP contribution in [0.15, 0.2) is 29.6 Å². The van der Waals surface area contributed by atoms with E-state index in [0.29, 0.717) is 18.8 Å². The standard InChI is InChI=1S/C14H14F3N3OS/c15-14(16,17)12-4-2-1-3-11(12)13-5-10(21)7-20(13)6-9-8-22-19-18-9/h1-4,8,10,13,21H,5-7H2/t10-,13-/m0/s1. The lowest BCUT2D eigenvalue weighted by atomic mass is 9.97. The molecule has 0 bridgehead atoms. The van der Waals surface area contributed by atoms with Crippen LogP contribution in [-0.2, 0) is 12.7 Å². The first kappa shape index (κ1) is 15.4. The molecule has 8 heteroatoms. The number of likely N-dealkylation sites (tertiary alicyclic amines) is 1. The van der Waals surface area contributed by atoms with Crippen LogP contribution < -0.4 is 0 Å². The molecule has 0 aliphatic carbocycles. The fourth-order valence-corrected chi connectivity index (χ4v) is 3.33. The van der Waals surface area contributed by atoms with Crippen LogP contribution in [0.5, 0.6) is 0 Å². The Labute approximate surface area is 129 Å². The van der Waals surface area contributed by atoms with Gasteiger partial charge in [0.1, 0.15) is 0 Å². The highest BCUT2D eigenvalue weighted by atomic mass is 32.1. The van der Waals surface area contributed by atoms with Gasteiger partial charge < -0.3 is 5.11 Å². The predicted octanol–water partition coefficient (Wildman–Crippen LogP) is 2.86. The summed E-state index contributed by atoms with van der Waals surface area (Å²) in [7, 11) is 0. The van der Waals surface area contributed by atoms with Crippen LogP contribution in [0.4, 0.5) is 13.2 Å². The minimum Gasteiger partial charge on any atom is -0.392 e. The van der Waals surface area contributed by atoms with E-state index in [1.54, 1.807) is 11.4 Å². The van der Waals surface area contributed by atoms with Gasteiger partial charge in [-0.05, 0) is 29.6 Å². The quantitative estimate of drug-likeness (QED) is 0.941. The lowest BCUT2D eigenvalue weighted by Gasteiger charge is -2.26. The van der Waals surface area contributed by atoms with E-state index in [1.165, 1.54) is 23.7 Å². The minimum absolute atomic E-state index is 0.203. The van der Waals surface area contributed by atoms with Crippen LogP contribution in [0.1, 0.15) is 29.3 Å². The van der Waals surface area contributed by atoms with E-state index in [9.17, 15) is 18.3 Å². The van der Waals surface area contributed by atoms with Crippen LogP contribution in [-0.4, -0.2) is 32.2 Å². The van der Waals surface area contributed by atoms with Crippen molar-refractivity contribution in [2.24, 2.45) is 0 Å². The van der Waals surface area contributed by atoms with Gasteiger partial charge >= 0.3 is 6.18 Å². The minimum atomic E-state index is -4.40. The lowest BCUT2D eigenvalue weighted by Crippen LogP contribution is -2.26. The highest BCUT2D eigenvalue weighted by molar-refractivity contribution is 7.03. The molecule has 2 heterocycles. The molecule has 22 heavy (non-hydrogen) atoms. The Balaban J connectivity index is 1.92. The van der Waals surface area contributed by atoms with E-state index >= 15 is 0 Å². The third-order valence-corrected chi connectivity index (χ3v) is 4.33. The molecule has 0 amide bonds. The number of benzene rings is 1. The van der Waals surface area contributed by atoms with E-state index in [0.717, 1.165) is 6.07 Å². The maximum absolute atomic E-state index is 13.2. The van der Waals surface area contributed by atoms with Crippen LogP contribution in [0, 0.1) is 0 Å². The average Bonchev–Trinajstić information content (AvgIpc) is 3.08. The second-order valence-corrected chi connectivity index (χ2v) is 5.93. The molecule has 0 saturated carbocycles. The maximum Gasteiger partial charge on any atom is 0.416 e. The van der Waals surface area contributed by atoms with E-state index in [1.807, 2.05) is 4.90 Å². The first-order chi connectivity index (χ1) is 10.4. The summed E-state index contributed by atoms with van der Waals surface area (Å²) in [4.78, 5) is 1.83. The SMILES string of the molecule is O[C@H]1C[C@@H](c2ccccc2C(F)(F)F)N(Cc2csnn2)C1. The van der Waals surface area contributed by atoms with Gasteiger partial charge in [0.25, 0.3) is 0 Å². The first-order valence-electron chi connectivity index (χ1n) is 6.79. The van der Waals surface area contributed by atoms with Gasteiger partial charge in [0, 0.05) is 24.5 Å². The molecule has 1 saturated heterocycles. The van der Waals surface area contributed by atoms with E-state index < -0.39 is 23.9 Å². The van der Waals surface area contributed by atoms with E-state index in [4.69, 9.17) is 0 Å². The zero-order valence-electron chi connectivity index (χ0n) is 11.5. The molecule has 2 atom stereocenters. The molecule has 0 spiro atoms. The number of alkyl halides is 3. The smallest absolute Gasteiger partial charge is 0.392 e. The van der Waals surface area contributed by atoms with Gasteiger partial charge in [-0.15, -0.1) is 5.10 Å². The number of aliphatic hydroxyl groups is 1. The van der Waals surface area contributed by atoms with Crippen molar-refractivity contribution in [1.82, 2.24) is 14.5 Å². The van der Waals surface area contributed by atoms with Crippen LogP contribution in [0.25, 0.3) is 0 Å². The predicted molar refractivity (Wildman–Crippen MR) is 75.1 cm³/mol. The topological polar surface area (TPSA) is 49.2 Å². The Morgan fingerprint density at radius 2 is 2.09 bits per heavy atom. The molecule has 2 aromatic rings. The summed E-state index contributed by atoms with van der Waals surface area (Å²) in [5.41, 5.74) is 0.263. The van der Waals surface area contributed by atoms with E-state index in [-0.39, 0.29) is 12.0 Å². The van der Waals surface area contributed by atoms with Crippen LogP contribution in [0.3, 0.4) is 0 Å². The van der Waals surface area contributed by atoms with Crippen molar-refractivity contribution in [3.63, 3.8) is 0 Å². The zero-order chi connectivity index (χ0) is 15.7. The number of hydrogen-bond donors (Lipinski definition) is 1. The number of nitrogens with zero attached hydrogens (tertiary/aromatic N) is 3. The third kappa shape index (κ3) is 3.13. The van der Waals surface area contributed by atoms with Crippen molar-refractivity contribution in [1.29, 1.82) is 0 Å².